The van der Waals surface area contributed by atoms with Crippen LogP contribution in [0.5, 0.6) is 5.75 Å². The Labute approximate surface area is 121 Å². The van der Waals surface area contributed by atoms with E-state index in [0.717, 1.165) is 37.4 Å². The Hall–Kier alpha value is -2.34. The van der Waals surface area contributed by atoms with Crippen molar-refractivity contribution in [2.75, 3.05) is 13.2 Å². The third kappa shape index (κ3) is 3.22. The molecular weight excluding hydrogens is 274 g/mol. The van der Waals surface area contributed by atoms with Crippen molar-refractivity contribution >= 4 is 5.97 Å². The summed E-state index contributed by atoms with van der Waals surface area (Å²) in [6.45, 7) is 1.44. The van der Waals surface area contributed by atoms with E-state index in [4.69, 9.17) is 19.1 Å². The molecule has 0 unspecified atom stereocenters. The summed E-state index contributed by atoms with van der Waals surface area (Å²) in [5.74, 6) is -0.580. The summed E-state index contributed by atoms with van der Waals surface area (Å²) in [5.41, 5.74) is 1.24. The van der Waals surface area contributed by atoms with Gasteiger partial charge in [-0.05, 0) is 12.1 Å². The van der Waals surface area contributed by atoms with E-state index in [9.17, 15) is 4.79 Å². The zero-order valence-electron chi connectivity index (χ0n) is 11.3. The molecule has 1 aliphatic heterocycles. The van der Waals surface area contributed by atoms with Crippen molar-refractivity contribution in [3.05, 3.63) is 36.1 Å². The molecule has 1 aliphatic rings. The molecule has 3 rings (SSSR count). The molecule has 2 aromatic rings. The Morgan fingerprint density at radius 1 is 1.29 bits per heavy atom. The summed E-state index contributed by atoms with van der Waals surface area (Å²) < 4.78 is 16.0. The van der Waals surface area contributed by atoms with Crippen LogP contribution in [0.3, 0.4) is 0 Å². The fraction of sp³-hybridized carbons (Fsp3) is 0.333. The molecule has 0 atom stereocenters. The summed E-state index contributed by atoms with van der Waals surface area (Å²) >= 11 is 0. The summed E-state index contributed by atoms with van der Waals surface area (Å²) in [4.78, 5) is 10.8. The second-order valence-corrected chi connectivity index (χ2v) is 4.84. The van der Waals surface area contributed by atoms with Crippen molar-refractivity contribution in [3.63, 3.8) is 0 Å². The van der Waals surface area contributed by atoms with Crippen LogP contribution in [0.4, 0.5) is 0 Å². The number of hydrogen-bond acceptors (Lipinski definition) is 5. The quantitative estimate of drug-likeness (QED) is 0.931. The molecule has 1 aromatic heterocycles. The molecule has 0 amide bonds. The van der Waals surface area contributed by atoms with Gasteiger partial charge in [0, 0.05) is 24.5 Å². The van der Waals surface area contributed by atoms with Gasteiger partial charge in [-0.1, -0.05) is 17.3 Å². The van der Waals surface area contributed by atoms with E-state index in [-0.39, 0.29) is 11.9 Å². The van der Waals surface area contributed by atoms with Gasteiger partial charge in [-0.3, -0.25) is 0 Å². The van der Waals surface area contributed by atoms with Crippen molar-refractivity contribution in [3.8, 4) is 17.0 Å². The summed E-state index contributed by atoms with van der Waals surface area (Å²) in [7, 11) is 0. The predicted octanol–water partition coefficient (Wildman–Crippen LogP) is 2.60. The first kappa shape index (κ1) is 13.6. The topological polar surface area (TPSA) is 81.8 Å². The number of aromatic nitrogens is 1. The highest BCUT2D eigenvalue weighted by molar-refractivity contribution is 5.85. The number of aromatic carboxylic acids is 1. The normalized spacial score (nSPS) is 15.8. The van der Waals surface area contributed by atoms with Gasteiger partial charge in [-0.15, -0.1) is 0 Å². The smallest absolute Gasteiger partial charge is 0.374 e. The number of ether oxygens (including phenoxy) is 2. The van der Waals surface area contributed by atoms with Gasteiger partial charge in [0.05, 0.1) is 13.2 Å². The van der Waals surface area contributed by atoms with E-state index < -0.39 is 5.97 Å². The number of benzene rings is 1. The van der Waals surface area contributed by atoms with E-state index >= 15 is 0 Å². The van der Waals surface area contributed by atoms with Crippen molar-refractivity contribution in [2.24, 2.45) is 0 Å². The summed E-state index contributed by atoms with van der Waals surface area (Å²) in [5, 5.41) is 12.6. The largest absolute Gasteiger partial charge is 0.490 e. The SMILES string of the molecule is O=C(O)c1cc(-c2cccc(OC3CCOCC3)c2)no1. The van der Waals surface area contributed by atoms with Gasteiger partial charge in [0.2, 0.25) is 5.76 Å². The first-order chi connectivity index (χ1) is 10.2. The fourth-order valence-electron chi connectivity index (χ4n) is 2.23. The molecule has 1 fully saturated rings. The number of carbonyl (C=O) groups is 1. The van der Waals surface area contributed by atoms with Gasteiger partial charge < -0.3 is 19.1 Å². The monoisotopic (exact) mass is 289 g/mol. The minimum atomic E-state index is -1.14. The van der Waals surface area contributed by atoms with Crippen LogP contribution >= 0.6 is 0 Å². The second kappa shape index (κ2) is 5.97. The lowest BCUT2D eigenvalue weighted by Crippen LogP contribution is -2.25. The van der Waals surface area contributed by atoms with Gasteiger partial charge in [-0.25, -0.2) is 4.79 Å². The number of hydrogen-bond donors (Lipinski definition) is 1. The van der Waals surface area contributed by atoms with Gasteiger partial charge in [0.15, 0.2) is 0 Å². The minimum absolute atomic E-state index is 0.154. The zero-order valence-corrected chi connectivity index (χ0v) is 11.3. The van der Waals surface area contributed by atoms with Crippen LogP contribution in [0.15, 0.2) is 34.9 Å². The first-order valence-electron chi connectivity index (χ1n) is 6.77. The Bertz CT molecular complexity index is 630. The number of carboxylic acid groups (broad SMARTS) is 1. The van der Waals surface area contributed by atoms with Gasteiger partial charge in [0.1, 0.15) is 17.5 Å². The molecule has 6 heteroatoms. The number of carboxylic acids is 1. The Morgan fingerprint density at radius 3 is 2.81 bits per heavy atom. The minimum Gasteiger partial charge on any atom is -0.490 e. The molecule has 0 saturated carbocycles. The highest BCUT2D eigenvalue weighted by Crippen LogP contribution is 2.25. The molecule has 6 nitrogen and oxygen atoms in total. The van der Waals surface area contributed by atoms with Gasteiger partial charge in [0.25, 0.3) is 0 Å². The van der Waals surface area contributed by atoms with Crippen LogP contribution in [0, 0.1) is 0 Å². The van der Waals surface area contributed by atoms with Crippen molar-refractivity contribution in [1.29, 1.82) is 0 Å². The maximum absolute atomic E-state index is 10.8. The molecule has 1 saturated heterocycles. The maximum Gasteiger partial charge on any atom is 0.374 e. The fourth-order valence-corrected chi connectivity index (χ4v) is 2.23. The molecule has 110 valence electrons. The van der Waals surface area contributed by atoms with Crippen molar-refractivity contribution in [1.82, 2.24) is 5.16 Å². The maximum atomic E-state index is 10.8. The molecule has 0 radical (unpaired) electrons. The standard InChI is InChI=1S/C15H15NO5/c17-15(18)14-9-13(16-21-14)10-2-1-3-12(8-10)20-11-4-6-19-7-5-11/h1-3,8-9,11H,4-7H2,(H,17,18). The lowest BCUT2D eigenvalue weighted by Gasteiger charge is -2.23. The van der Waals surface area contributed by atoms with Gasteiger partial charge in [-0.2, -0.15) is 0 Å². The van der Waals surface area contributed by atoms with E-state index in [2.05, 4.69) is 5.16 Å². The highest BCUT2D eigenvalue weighted by atomic mass is 16.5. The van der Waals surface area contributed by atoms with Crippen LogP contribution < -0.4 is 4.74 Å². The van der Waals surface area contributed by atoms with Crippen molar-refractivity contribution in [2.45, 2.75) is 18.9 Å². The summed E-state index contributed by atoms with van der Waals surface area (Å²) in [6, 6.07) is 8.78. The molecule has 2 heterocycles. The Kier molecular flexibility index (Phi) is 3.87. The van der Waals surface area contributed by atoms with Crippen LogP contribution in [0.1, 0.15) is 23.4 Å². The number of nitrogens with zero attached hydrogens (tertiary/aromatic N) is 1. The first-order valence-corrected chi connectivity index (χ1v) is 6.77. The van der Waals surface area contributed by atoms with E-state index in [1.165, 1.54) is 6.07 Å². The molecule has 0 spiro atoms. The second-order valence-electron chi connectivity index (χ2n) is 4.84. The van der Waals surface area contributed by atoms with E-state index in [1.54, 1.807) is 0 Å². The van der Waals surface area contributed by atoms with Crippen LogP contribution in [-0.4, -0.2) is 35.6 Å². The highest BCUT2D eigenvalue weighted by Gasteiger charge is 2.16. The lowest BCUT2D eigenvalue weighted by molar-refractivity contribution is 0.0256. The zero-order chi connectivity index (χ0) is 14.7. The molecule has 0 bridgehead atoms. The Balaban J connectivity index is 1.76. The van der Waals surface area contributed by atoms with Crippen LogP contribution in [0.2, 0.25) is 0 Å². The van der Waals surface area contributed by atoms with Crippen molar-refractivity contribution < 1.29 is 23.9 Å². The molecule has 1 N–H and O–H groups in total. The molecule has 0 aliphatic carbocycles. The average molecular weight is 289 g/mol. The van der Waals surface area contributed by atoms with Crippen LogP contribution in [-0.2, 0) is 4.74 Å². The molecule has 1 aromatic carbocycles. The van der Waals surface area contributed by atoms with E-state index in [0.29, 0.717) is 5.69 Å². The summed E-state index contributed by atoms with van der Waals surface area (Å²) in [6.07, 6.45) is 1.90. The van der Waals surface area contributed by atoms with Crippen LogP contribution in [0.25, 0.3) is 11.3 Å². The van der Waals surface area contributed by atoms with E-state index in [1.807, 2.05) is 24.3 Å². The molecular formula is C15H15NO5. The Morgan fingerprint density at radius 2 is 2.10 bits per heavy atom. The third-order valence-corrected chi connectivity index (χ3v) is 3.32. The predicted molar refractivity (Wildman–Crippen MR) is 73.4 cm³/mol. The molecule has 21 heavy (non-hydrogen) atoms. The average Bonchev–Trinajstić information content (AvgIpc) is 2.99. The van der Waals surface area contributed by atoms with Gasteiger partial charge >= 0.3 is 5.97 Å². The third-order valence-electron chi connectivity index (χ3n) is 3.32. The number of rotatable bonds is 4. The lowest BCUT2D eigenvalue weighted by atomic mass is 10.1.